The third-order valence-corrected chi connectivity index (χ3v) is 5.99. The van der Waals surface area contributed by atoms with E-state index in [2.05, 4.69) is 32.8 Å². The molecule has 0 saturated heterocycles. The van der Waals surface area contributed by atoms with Crippen LogP contribution in [0.3, 0.4) is 0 Å². The molecule has 4 nitrogen and oxygen atoms in total. The molecule has 0 spiro atoms. The molecular weight excluding hydrogens is 405 g/mol. The summed E-state index contributed by atoms with van der Waals surface area (Å²) >= 11 is 3.23. The number of hydrogen-bond acceptors (Lipinski definition) is 6. The first-order valence-electron chi connectivity index (χ1n) is 9.35. The summed E-state index contributed by atoms with van der Waals surface area (Å²) in [6.07, 6.45) is 6.47. The van der Waals surface area contributed by atoms with E-state index >= 15 is 0 Å². The molecule has 1 aromatic carbocycles. The van der Waals surface area contributed by atoms with E-state index in [4.69, 9.17) is 4.74 Å². The number of nitrogens with one attached hydrogen (secondary N) is 1. The predicted molar refractivity (Wildman–Crippen MR) is 118 cm³/mol. The Morgan fingerprint density at radius 3 is 2.83 bits per heavy atom. The summed E-state index contributed by atoms with van der Waals surface area (Å²) in [5, 5.41) is 7.88. The van der Waals surface area contributed by atoms with Crippen molar-refractivity contribution in [2.75, 3.05) is 11.9 Å². The van der Waals surface area contributed by atoms with Crippen molar-refractivity contribution in [2.24, 2.45) is 0 Å². The second kappa shape index (κ2) is 9.62. The lowest BCUT2D eigenvalue weighted by molar-refractivity contribution is 0.292. The largest absolute Gasteiger partial charge is 0.491 e. The molecule has 0 unspecified atom stereocenters. The van der Waals surface area contributed by atoms with Crippen LogP contribution in [0.2, 0.25) is 0 Å². The van der Waals surface area contributed by atoms with Crippen LogP contribution in [0.25, 0.3) is 11.3 Å². The third-order valence-electron chi connectivity index (χ3n) is 4.30. The number of thiophene rings is 1. The minimum atomic E-state index is -0.378. The highest BCUT2D eigenvalue weighted by atomic mass is 32.1. The Labute approximate surface area is 177 Å². The van der Waals surface area contributed by atoms with Crippen molar-refractivity contribution in [3.63, 3.8) is 0 Å². The van der Waals surface area contributed by atoms with Crippen LogP contribution in [0.4, 0.5) is 15.2 Å². The number of halogens is 1. The molecule has 0 saturated carbocycles. The quantitative estimate of drug-likeness (QED) is 0.309. The number of thiazole rings is 1. The summed E-state index contributed by atoms with van der Waals surface area (Å²) < 4.78 is 20.0. The molecule has 0 aliphatic rings. The highest BCUT2D eigenvalue weighted by Crippen LogP contribution is 2.28. The lowest BCUT2D eigenvalue weighted by Crippen LogP contribution is -2.00. The van der Waals surface area contributed by atoms with Gasteiger partial charge in [-0.15, -0.1) is 22.7 Å². The van der Waals surface area contributed by atoms with Crippen molar-refractivity contribution in [2.45, 2.75) is 19.3 Å². The number of aryl methyl sites for hydroxylation is 1. The first-order chi connectivity index (χ1) is 14.3. The number of benzene rings is 1. The van der Waals surface area contributed by atoms with Gasteiger partial charge in [0.05, 0.1) is 12.3 Å². The fourth-order valence-corrected chi connectivity index (χ4v) is 4.33. The molecule has 0 radical (unpaired) electrons. The molecule has 0 fully saturated rings. The van der Waals surface area contributed by atoms with Crippen LogP contribution in [0.1, 0.15) is 17.7 Å². The van der Waals surface area contributed by atoms with Gasteiger partial charge in [-0.25, -0.2) is 9.37 Å². The minimum Gasteiger partial charge on any atom is -0.491 e. The molecule has 4 aromatic rings. The van der Waals surface area contributed by atoms with Crippen LogP contribution in [-0.4, -0.2) is 16.6 Å². The molecule has 0 aliphatic heterocycles. The molecule has 3 heterocycles. The highest BCUT2D eigenvalue weighted by molar-refractivity contribution is 7.14. The molecule has 0 aliphatic carbocycles. The zero-order valence-electron chi connectivity index (χ0n) is 15.7. The summed E-state index contributed by atoms with van der Waals surface area (Å²) in [5.74, 6) is -0.0980. The summed E-state index contributed by atoms with van der Waals surface area (Å²) in [6, 6.07) is 12.9. The van der Waals surface area contributed by atoms with Gasteiger partial charge in [-0.1, -0.05) is 6.07 Å². The molecule has 148 valence electrons. The van der Waals surface area contributed by atoms with Gasteiger partial charge < -0.3 is 10.1 Å². The maximum atomic E-state index is 14.4. The van der Waals surface area contributed by atoms with Crippen molar-refractivity contribution in [1.82, 2.24) is 9.97 Å². The van der Waals surface area contributed by atoms with Gasteiger partial charge in [0, 0.05) is 40.0 Å². The zero-order chi connectivity index (χ0) is 19.9. The molecule has 4 rings (SSSR count). The number of anilines is 2. The van der Waals surface area contributed by atoms with Gasteiger partial charge in [-0.3, -0.25) is 4.98 Å². The van der Waals surface area contributed by atoms with Crippen LogP contribution < -0.4 is 10.1 Å². The number of pyridine rings is 1. The molecule has 0 amide bonds. The monoisotopic (exact) mass is 425 g/mol. The van der Waals surface area contributed by atoms with Crippen molar-refractivity contribution >= 4 is 33.5 Å². The van der Waals surface area contributed by atoms with Crippen molar-refractivity contribution in [3.8, 4) is 17.0 Å². The van der Waals surface area contributed by atoms with E-state index in [1.807, 2.05) is 17.5 Å². The smallest absolute Gasteiger partial charge is 0.187 e. The number of rotatable bonds is 9. The average Bonchev–Trinajstić information content (AvgIpc) is 3.42. The summed E-state index contributed by atoms with van der Waals surface area (Å²) in [5.41, 5.74) is 2.43. The topological polar surface area (TPSA) is 47.0 Å². The van der Waals surface area contributed by atoms with Gasteiger partial charge in [0.25, 0.3) is 0 Å². The molecule has 29 heavy (non-hydrogen) atoms. The Kier molecular flexibility index (Phi) is 6.49. The highest BCUT2D eigenvalue weighted by Gasteiger charge is 2.08. The van der Waals surface area contributed by atoms with Crippen molar-refractivity contribution < 1.29 is 9.13 Å². The minimum absolute atomic E-state index is 0.280. The second-order valence-corrected chi connectivity index (χ2v) is 8.33. The van der Waals surface area contributed by atoms with E-state index in [0.29, 0.717) is 17.4 Å². The predicted octanol–water partition coefficient (Wildman–Crippen LogP) is 6.55. The standard InChI is InChI=1S/C22H20FN3OS2/c23-19-13-17(25-22-26-20(15-29-22)16-5-3-10-24-14-16)8-9-21(19)27-11-2-1-6-18-7-4-12-28-18/h3-5,7-10,12-15H,1-2,6,11H2,(H,25,26). The first kappa shape index (κ1) is 19.5. The van der Waals surface area contributed by atoms with Crippen molar-refractivity contribution in [3.05, 3.63) is 76.3 Å². The van der Waals surface area contributed by atoms with Gasteiger partial charge in [0.1, 0.15) is 0 Å². The Hall–Kier alpha value is -2.77. The van der Waals surface area contributed by atoms with Crippen LogP contribution in [0, 0.1) is 5.82 Å². The van der Waals surface area contributed by atoms with E-state index < -0.39 is 0 Å². The first-order valence-corrected chi connectivity index (χ1v) is 11.1. The summed E-state index contributed by atoms with van der Waals surface area (Å²) in [6.45, 7) is 0.510. The second-order valence-electron chi connectivity index (χ2n) is 6.43. The average molecular weight is 426 g/mol. The number of unbranched alkanes of at least 4 members (excludes halogenated alkanes) is 1. The fraction of sp³-hybridized carbons (Fsp3) is 0.182. The lowest BCUT2D eigenvalue weighted by Gasteiger charge is -2.09. The molecule has 7 heteroatoms. The molecule has 0 bridgehead atoms. The third kappa shape index (κ3) is 5.40. The normalized spacial score (nSPS) is 10.8. The lowest BCUT2D eigenvalue weighted by atomic mass is 10.2. The van der Waals surface area contributed by atoms with Crippen LogP contribution in [0.5, 0.6) is 5.75 Å². The van der Waals surface area contributed by atoms with Gasteiger partial charge in [0.2, 0.25) is 0 Å². The number of nitrogens with zero attached hydrogens (tertiary/aromatic N) is 2. The fourth-order valence-electron chi connectivity index (χ4n) is 2.84. The van der Waals surface area contributed by atoms with E-state index in [1.165, 1.54) is 22.3 Å². The zero-order valence-corrected chi connectivity index (χ0v) is 17.3. The van der Waals surface area contributed by atoms with Gasteiger partial charge in [-0.2, -0.15) is 0 Å². The molecular formula is C22H20FN3OS2. The van der Waals surface area contributed by atoms with E-state index in [9.17, 15) is 4.39 Å². The van der Waals surface area contributed by atoms with Crippen LogP contribution in [0.15, 0.2) is 65.6 Å². The Morgan fingerprint density at radius 2 is 2.03 bits per heavy atom. The van der Waals surface area contributed by atoms with Gasteiger partial charge in [-0.05, 0) is 55.0 Å². The Bertz CT molecular complexity index is 1040. The van der Waals surface area contributed by atoms with E-state index in [0.717, 1.165) is 30.5 Å². The maximum Gasteiger partial charge on any atom is 0.187 e. The Balaban J connectivity index is 1.29. The van der Waals surface area contributed by atoms with E-state index in [1.54, 1.807) is 35.9 Å². The van der Waals surface area contributed by atoms with Gasteiger partial charge in [0.15, 0.2) is 16.7 Å². The van der Waals surface area contributed by atoms with Gasteiger partial charge >= 0.3 is 0 Å². The molecule has 1 N–H and O–H groups in total. The maximum absolute atomic E-state index is 14.4. The number of hydrogen-bond donors (Lipinski definition) is 1. The van der Waals surface area contributed by atoms with Crippen molar-refractivity contribution in [1.29, 1.82) is 0 Å². The van der Waals surface area contributed by atoms with Crippen LogP contribution in [-0.2, 0) is 6.42 Å². The molecule has 0 atom stereocenters. The van der Waals surface area contributed by atoms with E-state index in [-0.39, 0.29) is 11.6 Å². The van der Waals surface area contributed by atoms with Crippen LogP contribution >= 0.6 is 22.7 Å². The SMILES string of the molecule is Fc1cc(Nc2nc(-c3cccnc3)cs2)ccc1OCCCCc1cccs1. The number of ether oxygens (including phenoxy) is 1. The molecule has 3 aromatic heterocycles. The summed E-state index contributed by atoms with van der Waals surface area (Å²) in [7, 11) is 0. The summed E-state index contributed by atoms with van der Waals surface area (Å²) in [4.78, 5) is 10.0. The number of aromatic nitrogens is 2. The Morgan fingerprint density at radius 1 is 1.07 bits per heavy atom.